The van der Waals surface area contributed by atoms with Crippen LogP contribution >= 0.6 is 0 Å². The van der Waals surface area contributed by atoms with Gasteiger partial charge < -0.3 is 4.90 Å². The van der Waals surface area contributed by atoms with Crippen LogP contribution in [0.15, 0.2) is 40.5 Å². The monoisotopic (exact) mass is 456 g/mol. The molecule has 1 atom stereocenters. The minimum atomic E-state index is -3.73. The van der Waals surface area contributed by atoms with E-state index in [2.05, 4.69) is 16.7 Å². The number of carbonyl (C=O) groups is 1. The molecule has 1 saturated carbocycles. The van der Waals surface area contributed by atoms with E-state index in [0.717, 1.165) is 18.4 Å². The summed E-state index contributed by atoms with van der Waals surface area (Å²) in [7, 11) is -1.90. The molecule has 3 heterocycles. The first-order valence-electron chi connectivity index (χ1n) is 10.8. The predicted molar refractivity (Wildman–Crippen MR) is 121 cm³/mol. The molecule has 32 heavy (non-hydrogen) atoms. The molecule has 0 radical (unpaired) electrons. The molecular formula is C22H28N6O3S. The number of benzene rings is 1. The number of sulfonamides is 1. The van der Waals surface area contributed by atoms with Crippen LogP contribution < -0.4 is 9.62 Å². The lowest BCUT2D eigenvalue weighted by atomic mass is 9.96. The number of carbonyl (C=O) groups excluding carboxylic acids is 1. The van der Waals surface area contributed by atoms with Gasteiger partial charge in [0.1, 0.15) is 0 Å². The van der Waals surface area contributed by atoms with Crippen LogP contribution in [-0.4, -0.2) is 52.1 Å². The summed E-state index contributed by atoms with van der Waals surface area (Å²) in [5.74, 6) is 0.321. The maximum Gasteiger partial charge on any atom is 0.263 e. The van der Waals surface area contributed by atoms with Crippen LogP contribution in [0.5, 0.6) is 0 Å². The average molecular weight is 457 g/mol. The van der Waals surface area contributed by atoms with E-state index >= 15 is 0 Å². The zero-order valence-electron chi connectivity index (χ0n) is 19.0. The second-order valence-corrected chi connectivity index (χ2v) is 11.6. The third kappa shape index (κ3) is 3.32. The normalized spacial score (nSPS) is 23.1. The molecule has 0 spiro atoms. The largest absolute Gasteiger partial charge is 0.306 e. The Balaban J connectivity index is 1.60. The first kappa shape index (κ1) is 21.1. The molecule has 3 aliphatic rings. The first-order chi connectivity index (χ1) is 14.9. The molecule has 0 bridgehead atoms. The molecular weight excluding hydrogens is 428 g/mol. The number of guanidine groups is 1. The highest BCUT2D eigenvalue weighted by Crippen LogP contribution is 2.41. The fourth-order valence-corrected chi connectivity index (χ4v) is 5.74. The van der Waals surface area contributed by atoms with Gasteiger partial charge in [0.2, 0.25) is 16.0 Å². The Morgan fingerprint density at radius 1 is 1.22 bits per heavy atom. The summed E-state index contributed by atoms with van der Waals surface area (Å²) >= 11 is 0. The van der Waals surface area contributed by atoms with E-state index in [1.54, 1.807) is 27.9 Å². The summed E-state index contributed by atoms with van der Waals surface area (Å²) in [6.07, 6.45) is 5.21. The highest BCUT2D eigenvalue weighted by Gasteiger charge is 2.48. The summed E-state index contributed by atoms with van der Waals surface area (Å²) in [6, 6.07) is 4.79. The molecule has 0 unspecified atom stereocenters. The maximum atomic E-state index is 13.6. The molecule has 10 heteroatoms. The van der Waals surface area contributed by atoms with Crippen molar-refractivity contribution in [3.05, 3.63) is 41.7 Å². The lowest BCUT2D eigenvalue weighted by Gasteiger charge is -2.39. The minimum absolute atomic E-state index is 0.00768. The van der Waals surface area contributed by atoms with Gasteiger partial charge >= 0.3 is 0 Å². The molecule has 0 saturated heterocycles. The topological polar surface area (TPSA) is 99.9 Å². The molecule has 1 amide bonds. The molecule has 9 nitrogen and oxygen atoms in total. The Labute approximate surface area is 188 Å². The van der Waals surface area contributed by atoms with Crippen LogP contribution in [0.1, 0.15) is 56.5 Å². The first-order valence-corrected chi connectivity index (χ1v) is 12.3. The minimum Gasteiger partial charge on any atom is -0.306 e. The number of nitrogens with one attached hydrogen (secondary N) is 1. The Bertz CT molecular complexity index is 1260. The number of rotatable bonds is 5. The van der Waals surface area contributed by atoms with Crippen LogP contribution in [0.4, 0.5) is 5.69 Å². The fraction of sp³-hybridized carbons (Fsp3) is 0.500. The number of aliphatic imine (C=N–C) groups is 1. The maximum absolute atomic E-state index is 13.6. The number of aromatic nitrogens is 2. The lowest BCUT2D eigenvalue weighted by Crippen LogP contribution is -2.53. The quantitative estimate of drug-likeness (QED) is 0.744. The van der Waals surface area contributed by atoms with Crippen molar-refractivity contribution in [2.75, 3.05) is 4.90 Å². The van der Waals surface area contributed by atoms with Gasteiger partial charge in [0.05, 0.1) is 40.5 Å². The van der Waals surface area contributed by atoms with Crippen molar-refractivity contribution in [2.24, 2.45) is 12.0 Å². The molecule has 1 aliphatic carbocycles. The van der Waals surface area contributed by atoms with Crippen molar-refractivity contribution in [1.29, 1.82) is 0 Å². The molecule has 2 aliphatic heterocycles. The molecule has 1 N–H and O–H groups in total. The highest BCUT2D eigenvalue weighted by molar-refractivity contribution is 7.89. The van der Waals surface area contributed by atoms with Crippen molar-refractivity contribution in [3.63, 3.8) is 0 Å². The molecule has 5 rings (SSSR count). The lowest BCUT2D eigenvalue weighted by molar-refractivity contribution is 0.0833. The van der Waals surface area contributed by atoms with Gasteiger partial charge in [-0.25, -0.2) is 18.1 Å². The zero-order valence-corrected chi connectivity index (χ0v) is 19.8. The molecule has 170 valence electrons. The number of aryl methyl sites for hydroxylation is 1. The fourth-order valence-electron chi connectivity index (χ4n) is 4.25. The standard InChI is InChI=1S/C22H28N6O3S/c1-14-21(2,3)24-20-27(13-15-11-23-26(5)12-15)19(29)17-10-16(6-7-18(17)28(14)20)32(30,31)25-22(4)8-9-22/h6-7,10-12,14,25H,8-9,13H2,1-5H3/t14-/m1/s1. The van der Waals surface area contributed by atoms with Crippen molar-refractivity contribution in [1.82, 2.24) is 19.4 Å². The van der Waals surface area contributed by atoms with Gasteiger partial charge in [-0.05, 0) is 58.7 Å². The Morgan fingerprint density at radius 3 is 2.56 bits per heavy atom. The third-order valence-corrected chi connectivity index (χ3v) is 8.38. The summed E-state index contributed by atoms with van der Waals surface area (Å²) < 4.78 is 30.4. The van der Waals surface area contributed by atoms with E-state index in [0.29, 0.717) is 23.8 Å². The summed E-state index contributed by atoms with van der Waals surface area (Å²) in [5.41, 5.74) is 1.12. The Morgan fingerprint density at radius 2 is 1.94 bits per heavy atom. The van der Waals surface area contributed by atoms with E-state index in [4.69, 9.17) is 4.99 Å². The van der Waals surface area contributed by atoms with Gasteiger partial charge in [-0.1, -0.05) is 0 Å². The molecule has 1 aromatic heterocycles. The number of hydrogen-bond acceptors (Lipinski definition) is 6. The van der Waals surface area contributed by atoms with Crippen molar-refractivity contribution in [2.45, 2.75) is 69.1 Å². The third-order valence-electron chi connectivity index (χ3n) is 6.75. The van der Waals surface area contributed by atoms with Crippen LogP contribution in [0.25, 0.3) is 0 Å². The Kier molecular flexibility index (Phi) is 4.39. The van der Waals surface area contributed by atoms with E-state index in [9.17, 15) is 13.2 Å². The summed E-state index contributed by atoms with van der Waals surface area (Å²) in [5, 5.41) is 4.20. The molecule has 1 fully saturated rings. The van der Waals surface area contributed by atoms with E-state index < -0.39 is 21.1 Å². The van der Waals surface area contributed by atoms with Crippen molar-refractivity contribution >= 4 is 27.6 Å². The SMILES string of the molecule is C[C@H]1N2C(=NC1(C)C)N(Cc1cnn(C)c1)C(=O)c1cc(S(=O)(=O)NC3(C)CC3)ccc12. The number of hydrogen-bond donors (Lipinski definition) is 1. The smallest absolute Gasteiger partial charge is 0.263 e. The van der Waals surface area contributed by atoms with Gasteiger partial charge in [0.25, 0.3) is 5.91 Å². The summed E-state index contributed by atoms with van der Waals surface area (Å²) in [6.45, 7) is 8.33. The van der Waals surface area contributed by atoms with E-state index in [1.165, 1.54) is 6.07 Å². The van der Waals surface area contributed by atoms with Crippen LogP contribution in [0, 0.1) is 0 Å². The van der Waals surface area contributed by atoms with Gasteiger partial charge in [0, 0.05) is 24.3 Å². The highest BCUT2D eigenvalue weighted by atomic mass is 32.2. The number of nitrogens with zero attached hydrogens (tertiary/aromatic N) is 5. The number of fused-ring (bicyclic) bond motifs is 3. The van der Waals surface area contributed by atoms with Gasteiger partial charge in [-0.2, -0.15) is 5.10 Å². The van der Waals surface area contributed by atoms with Crippen molar-refractivity contribution in [3.8, 4) is 0 Å². The average Bonchev–Trinajstić information content (AvgIpc) is 3.18. The van der Waals surface area contributed by atoms with Gasteiger partial charge in [-0.3, -0.25) is 14.4 Å². The van der Waals surface area contributed by atoms with E-state index in [1.807, 2.05) is 38.9 Å². The van der Waals surface area contributed by atoms with Crippen molar-refractivity contribution < 1.29 is 13.2 Å². The number of anilines is 1. The van der Waals surface area contributed by atoms with Gasteiger partial charge in [-0.15, -0.1) is 0 Å². The van der Waals surface area contributed by atoms with Crippen LogP contribution in [0.3, 0.4) is 0 Å². The number of amides is 1. The second kappa shape index (κ2) is 6.64. The second-order valence-electron chi connectivity index (χ2n) is 9.87. The Hall–Kier alpha value is -2.72. The van der Waals surface area contributed by atoms with Gasteiger partial charge in [0.15, 0.2) is 0 Å². The zero-order chi connectivity index (χ0) is 23.1. The predicted octanol–water partition coefficient (Wildman–Crippen LogP) is 2.25. The van der Waals surface area contributed by atoms with Crippen LogP contribution in [-0.2, 0) is 23.6 Å². The summed E-state index contributed by atoms with van der Waals surface area (Å²) in [4.78, 5) is 22.3. The molecule has 2 aromatic rings. The van der Waals surface area contributed by atoms with E-state index in [-0.39, 0.29) is 16.8 Å². The molecule has 1 aromatic carbocycles. The van der Waals surface area contributed by atoms with Crippen LogP contribution in [0.2, 0.25) is 0 Å².